The summed E-state index contributed by atoms with van der Waals surface area (Å²) in [6.07, 6.45) is 2.01. The van der Waals surface area contributed by atoms with E-state index in [9.17, 15) is 4.79 Å². The SMILES string of the molecule is CCCC1(N)CN(C(=O)c2ccc3ccccc3n2)C1. The van der Waals surface area contributed by atoms with Crippen molar-refractivity contribution in [2.24, 2.45) is 5.73 Å². The molecule has 0 saturated carbocycles. The number of benzene rings is 1. The zero-order chi connectivity index (χ0) is 14.2. The van der Waals surface area contributed by atoms with Crippen molar-refractivity contribution in [1.29, 1.82) is 0 Å². The first-order valence-corrected chi connectivity index (χ1v) is 7.05. The molecule has 1 aliphatic heterocycles. The second-order valence-electron chi connectivity index (χ2n) is 5.66. The summed E-state index contributed by atoms with van der Waals surface area (Å²) >= 11 is 0. The summed E-state index contributed by atoms with van der Waals surface area (Å²) < 4.78 is 0. The first-order chi connectivity index (χ1) is 9.61. The van der Waals surface area contributed by atoms with Crippen molar-refractivity contribution in [2.45, 2.75) is 25.3 Å². The van der Waals surface area contributed by atoms with Crippen molar-refractivity contribution in [1.82, 2.24) is 9.88 Å². The normalized spacial score (nSPS) is 17.0. The summed E-state index contributed by atoms with van der Waals surface area (Å²) in [4.78, 5) is 18.6. The van der Waals surface area contributed by atoms with Gasteiger partial charge >= 0.3 is 0 Å². The van der Waals surface area contributed by atoms with E-state index in [1.165, 1.54) is 0 Å². The van der Waals surface area contributed by atoms with Gasteiger partial charge < -0.3 is 10.6 Å². The summed E-state index contributed by atoms with van der Waals surface area (Å²) in [7, 11) is 0. The van der Waals surface area contributed by atoms with Crippen LogP contribution in [0.2, 0.25) is 0 Å². The number of fused-ring (bicyclic) bond motifs is 1. The number of carbonyl (C=O) groups excluding carboxylic acids is 1. The quantitative estimate of drug-likeness (QED) is 0.929. The molecule has 4 nitrogen and oxygen atoms in total. The molecular weight excluding hydrogens is 250 g/mol. The fourth-order valence-corrected chi connectivity index (χ4v) is 2.86. The average molecular weight is 269 g/mol. The number of nitrogens with two attached hydrogens (primary N) is 1. The third-order valence-corrected chi connectivity index (χ3v) is 3.86. The van der Waals surface area contributed by atoms with Crippen LogP contribution in [0.3, 0.4) is 0 Å². The van der Waals surface area contributed by atoms with Crippen LogP contribution in [0.1, 0.15) is 30.3 Å². The van der Waals surface area contributed by atoms with Crippen molar-refractivity contribution in [3.63, 3.8) is 0 Å². The van der Waals surface area contributed by atoms with Gasteiger partial charge in [-0.2, -0.15) is 0 Å². The zero-order valence-corrected chi connectivity index (χ0v) is 11.7. The molecule has 0 spiro atoms. The smallest absolute Gasteiger partial charge is 0.272 e. The van der Waals surface area contributed by atoms with Gasteiger partial charge in [0, 0.05) is 18.5 Å². The van der Waals surface area contributed by atoms with Gasteiger partial charge in [0.2, 0.25) is 0 Å². The molecule has 1 amide bonds. The van der Waals surface area contributed by atoms with Crippen LogP contribution >= 0.6 is 0 Å². The van der Waals surface area contributed by atoms with Crippen LogP contribution in [-0.2, 0) is 0 Å². The van der Waals surface area contributed by atoms with E-state index in [0.717, 1.165) is 23.7 Å². The van der Waals surface area contributed by atoms with Crippen LogP contribution in [0.25, 0.3) is 10.9 Å². The minimum Gasteiger partial charge on any atom is -0.333 e. The number of para-hydroxylation sites is 1. The molecule has 2 N–H and O–H groups in total. The Hall–Kier alpha value is -1.94. The lowest BCUT2D eigenvalue weighted by atomic mass is 9.86. The van der Waals surface area contributed by atoms with Gasteiger partial charge in [0.1, 0.15) is 5.69 Å². The van der Waals surface area contributed by atoms with Gasteiger partial charge in [-0.3, -0.25) is 4.79 Å². The number of hydrogen-bond acceptors (Lipinski definition) is 3. The van der Waals surface area contributed by atoms with Crippen molar-refractivity contribution >= 4 is 16.8 Å². The summed E-state index contributed by atoms with van der Waals surface area (Å²) in [6.45, 7) is 3.38. The third kappa shape index (κ3) is 2.27. The maximum Gasteiger partial charge on any atom is 0.272 e. The van der Waals surface area contributed by atoms with E-state index < -0.39 is 0 Å². The number of carbonyl (C=O) groups is 1. The highest BCUT2D eigenvalue weighted by Crippen LogP contribution is 2.25. The number of likely N-dealkylation sites (tertiary alicyclic amines) is 1. The van der Waals surface area contributed by atoms with E-state index in [-0.39, 0.29) is 11.4 Å². The highest BCUT2D eigenvalue weighted by Gasteiger charge is 2.41. The third-order valence-electron chi connectivity index (χ3n) is 3.86. The van der Waals surface area contributed by atoms with E-state index >= 15 is 0 Å². The molecule has 1 saturated heterocycles. The van der Waals surface area contributed by atoms with E-state index in [1.54, 1.807) is 11.0 Å². The Morgan fingerprint density at radius 1 is 1.30 bits per heavy atom. The molecule has 20 heavy (non-hydrogen) atoms. The lowest BCUT2D eigenvalue weighted by Crippen LogP contribution is -2.68. The fourth-order valence-electron chi connectivity index (χ4n) is 2.86. The maximum absolute atomic E-state index is 12.4. The van der Waals surface area contributed by atoms with Gasteiger partial charge in [0.15, 0.2) is 0 Å². The van der Waals surface area contributed by atoms with Crippen LogP contribution in [-0.4, -0.2) is 34.4 Å². The molecule has 2 aromatic rings. The van der Waals surface area contributed by atoms with Crippen LogP contribution in [0, 0.1) is 0 Å². The largest absolute Gasteiger partial charge is 0.333 e. The number of hydrogen-bond donors (Lipinski definition) is 1. The number of pyridine rings is 1. The first kappa shape index (κ1) is 13.1. The molecule has 0 radical (unpaired) electrons. The Kier molecular flexibility index (Phi) is 3.18. The second-order valence-corrected chi connectivity index (χ2v) is 5.66. The lowest BCUT2D eigenvalue weighted by molar-refractivity contribution is 0.0381. The zero-order valence-electron chi connectivity index (χ0n) is 11.7. The molecule has 3 rings (SSSR count). The average Bonchev–Trinajstić information content (AvgIpc) is 2.43. The van der Waals surface area contributed by atoms with E-state index in [2.05, 4.69) is 11.9 Å². The predicted molar refractivity (Wildman–Crippen MR) is 79.5 cm³/mol. The van der Waals surface area contributed by atoms with Crippen LogP contribution in [0.15, 0.2) is 36.4 Å². The minimum absolute atomic E-state index is 0.0204. The molecule has 0 aliphatic carbocycles. The molecule has 2 heterocycles. The Balaban J connectivity index is 1.77. The molecule has 1 aromatic carbocycles. The van der Waals surface area contributed by atoms with Crippen molar-refractivity contribution in [3.8, 4) is 0 Å². The van der Waals surface area contributed by atoms with Crippen molar-refractivity contribution in [2.75, 3.05) is 13.1 Å². The van der Waals surface area contributed by atoms with Gasteiger partial charge in [0.25, 0.3) is 5.91 Å². The van der Waals surface area contributed by atoms with Crippen LogP contribution in [0.4, 0.5) is 0 Å². The second kappa shape index (κ2) is 4.87. The topological polar surface area (TPSA) is 59.2 Å². The molecular formula is C16H19N3O. The van der Waals surface area contributed by atoms with Gasteiger partial charge in [-0.05, 0) is 18.6 Å². The van der Waals surface area contributed by atoms with Gasteiger partial charge in [-0.15, -0.1) is 0 Å². The molecule has 1 fully saturated rings. The predicted octanol–water partition coefficient (Wildman–Crippen LogP) is 2.19. The fraction of sp³-hybridized carbons (Fsp3) is 0.375. The lowest BCUT2D eigenvalue weighted by Gasteiger charge is -2.47. The van der Waals surface area contributed by atoms with Crippen molar-refractivity contribution < 1.29 is 4.79 Å². The molecule has 104 valence electrons. The first-order valence-electron chi connectivity index (χ1n) is 7.05. The monoisotopic (exact) mass is 269 g/mol. The Morgan fingerprint density at radius 2 is 2.05 bits per heavy atom. The molecule has 0 atom stereocenters. The molecule has 1 aliphatic rings. The van der Waals surface area contributed by atoms with Crippen molar-refractivity contribution in [3.05, 3.63) is 42.1 Å². The Morgan fingerprint density at radius 3 is 2.80 bits per heavy atom. The highest BCUT2D eigenvalue weighted by atomic mass is 16.2. The number of nitrogens with zero attached hydrogens (tertiary/aromatic N) is 2. The van der Waals surface area contributed by atoms with E-state index in [4.69, 9.17) is 5.73 Å². The summed E-state index contributed by atoms with van der Waals surface area (Å²) in [6, 6.07) is 11.5. The van der Waals surface area contributed by atoms with E-state index in [0.29, 0.717) is 18.8 Å². The molecule has 4 heteroatoms. The van der Waals surface area contributed by atoms with Gasteiger partial charge in [0.05, 0.1) is 11.1 Å². The summed E-state index contributed by atoms with van der Waals surface area (Å²) in [5, 5.41) is 1.05. The van der Waals surface area contributed by atoms with Gasteiger partial charge in [-0.25, -0.2) is 4.98 Å². The van der Waals surface area contributed by atoms with Crippen LogP contribution < -0.4 is 5.73 Å². The van der Waals surface area contributed by atoms with Crippen LogP contribution in [0.5, 0.6) is 0 Å². The number of amides is 1. The Labute approximate surface area is 118 Å². The summed E-state index contributed by atoms with van der Waals surface area (Å²) in [5.41, 5.74) is 7.36. The standard InChI is InChI=1S/C16H19N3O/c1-2-9-16(17)10-19(11-16)15(20)14-8-7-12-5-3-4-6-13(12)18-14/h3-8H,2,9-11,17H2,1H3. The van der Waals surface area contributed by atoms with Gasteiger partial charge in [-0.1, -0.05) is 37.6 Å². The highest BCUT2D eigenvalue weighted by molar-refractivity contribution is 5.95. The maximum atomic E-state index is 12.4. The molecule has 0 unspecified atom stereocenters. The van der Waals surface area contributed by atoms with E-state index in [1.807, 2.05) is 30.3 Å². The number of aromatic nitrogens is 1. The Bertz CT molecular complexity index is 647. The molecule has 1 aromatic heterocycles. The summed E-state index contributed by atoms with van der Waals surface area (Å²) in [5.74, 6) is -0.0204. The number of rotatable bonds is 3. The minimum atomic E-state index is -0.193. The molecule has 0 bridgehead atoms.